The van der Waals surface area contributed by atoms with Crippen LogP contribution >= 0.6 is 0 Å². The summed E-state index contributed by atoms with van der Waals surface area (Å²) in [6, 6.07) is 5.27. The Morgan fingerprint density at radius 3 is 2.67 bits per heavy atom. The van der Waals surface area contributed by atoms with Gasteiger partial charge in [0.25, 0.3) is 0 Å². The van der Waals surface area contributed by atoms with E-state index in [4.69, 9.17) is 9.47 Å². The Morgan fingerprint density at radius 2 is 2.11 bits per heavy atom. The molecule has 0 N–H and O–H groups in total. The number of carbonyl (C=O) groups excluding carboxylic acids is 2. The van der Waals surface area contributed by atoms with Gasteiger partial charge >= 0.3 is 5.97 Å². The zero-order valence-electron chi connectivity index (χ0n) is 10.9. The summed E-state index contributed by atoms with van der Waals surface area (Å²) in [4.78, 5) is 22.6. The van der Waals surface area contributed by atoms with E-state index in [-0.39, 0.29) is 0 Å². The van der Waals surface area contributed by atoms with Crippen LogP contribution < -0.4 is 4.74 Å². The molecule has 0 saturated heterocycles. The molecule has 1 atom stereocenters. The second-order valence-electron chi connectivity index (χ2n) is 3.88. The molecule has 0 heterocycles. The number of benzene rings is 1. The highest BCUT2D eigenvalue weighted by Gasteiger charge is 2.21. The molecular weight excluding hydrogens is 232 g/mol. The van der Waals surface area contributed by atoms with Gasteiger partial charge in [0, 0.05) is 0 Å². The average molecular weight is 250 g/mol. The van der Waals surface area contributed by atoms with Crippen molar-refractivity contribution in [1.29, 1.82) is 0 Å². The molecule has 1 aromatic rings. The van der Waals surface area contributed by atoms with Crippen LogP contribution in [-0.4, -0.2) is 25.0 Å². The number of rotatable bonds is 6. The van der Waals surface area contributed by atoms with Crippen LogP contribution in [0.25, 0.3) is 0 Å². The number of para-hydroxylation sites is 1. The summed E-state index contributed by atoms with van der Waals surface area (Å²) < 4.78 is 10.6. The lowest BCUT2D eigenvalue weighted by Gasteiger charge is -2.18. The molecule has 0 fully saturated rings. The van der Waals surface area contributed by atoms with Crippen molar-refractivity contribution in [2.24, 2.45) is 0 Å². The lowest BCUT2D eigenvalue weighted by Crippen LogP contribution is -2.29. The molecule has 1 rings (SSSR count). The summed E-state index contributed by atoms with van der Waals surface area (Å²) in [6.07, 6.45) is 0.538. The van der Waals surface area contributed by atoms with Crippen LogP contribution in [-0.2, 0) is 9.53 Å². The highest BCUT2D eigenvalue weighted by Crippen LogP contribution is 2.24. The summed E-state index contributed by atoms with van der Waals surface area (Å²) in [5, 5.41) is 0. The van der Waals surface area contributed by atoms with E-state index >= 15 is 0 Å². The second kappa shape index (κ2) is 6.79. The quantitative estimate of drug-likeness (QED) is 0.575. The maximum absolute atomic E-state index is 11.7. The number of hydrogen-bond donors (Lipinski definition) is 0. The maximum atomic E-state index is 11.7. The van der Waals surface area contributed by atoms with Crippen LogP contribution in [0.2, 0.25) is 0 Å². The fourth-order valence-corrected chi connectivity index (χ4v) is 1.60. The van der Waals surface area contributed by atoms with E-state index in [0.29, 0.717) is 24.3 Å². The SMILES string of the molecule is CCOC(=O)C(CC)Oc1c(C)cccc1C=O. The molecular formula is C14H18O4. The van der Waals surface area contributed by atoms with E-state index in [0.717, 1.165) is 11.8 Å². The first-order valence-electron chi connectivity index (χ1n) is 6.02. The van der Waals surface area contributed by atoms with Gasteiger partial charge in [-0.1, -0.05) is 19.1 Å². The predicted molar refractivity (Wildman–Crippen MR) is 67.9 cm³/mol. The summed E-state index contributed by atoms with van der Waals surface area (Å²) in [5.41, 5.74) is 1.26. The minimum atomic E-state index is -0.676. The molecule has 0 radical (unpaired) electrons. The normalized spacial score (nSPS) is 11.7. The fraction of sp³-hybridized carbons (Fsp3) is 0.429. The van der Waals surface area contributed by atoms with Gasteiger partial charge in [-0.15, -0.1) is 0 Å². The van der Waals surface area contributed by atoms with E-state index in [9.17, 15) is 9.59 Å². The van der Waals surface area contributed by atoms with Gasteiger partial charge in [0.15, 0.2) is 12.4 Å². The zero-order chi connectivity index (χ0) is 13.5. The van der Waals surface area contributed by atoms with Gasteiger partial charge in [0.2, 0.25) is 0 Å². The number of aldehydes is 1. The Hall–Kier alpha value is -1.84. The van der Waals surface area contributed by atoms with Crippen LogP contribution in [0, 0.1) is 6.92 Å². The third-order valence-corrected chi connectivity index (χ3v) is 2.55. The smallest absolute Gasteiger partial charge is 0.347 e. The van der Waals surface area contributed by atoms with E-state index < -0.39 is 12.1 Å². The van der Waals surface area contributed by atoms with Gasteiger partial charge in [-0.25, -0.2) is 4.79 Å². The fourth-order valence-electron chi connectivity index (χ4n) is 1.60. The standard InChI is InChI=1S/C14H18O4/c1-4-12(14(16)17-5-2)18-13-10(3)7-6-8-11(13)9-15/h6-9,12H,4-5H2,1-3H3. The topological polar surface area (TPSA) is 52.6 Å². The molecule has 1 unspecified atom stereocenters. The molecule has 0 bridgehead atoms. The van der Waals surface area contributed by atoms with Crippen molar-refractivity contribution in [3.8, 4) is 5.75 Å². The number of esters is 1. The maximum Gasteiger partial charge on any atom is 0.347 e. The molecule has 0 amide bonds. The molecule has 4 nitrogen and oxygen atoms in total. The monoisotopic (exact) mass is 250 g/mol. The van der Waals surface area contributed by atoms with Gasteiger partial charge in [0.05, 0.1) is 12.2 Å². The van der Waals surface area contributed by atoms with Crippen LogP contribution in [0.3, 0.4) is 0 Å². The largest absolute Gasteiger partial charge is 0.478 e. The Balaban J connectivity index is 2.94. The summed E-state index contributed by atoms with van der Waals surface area (Å²) in [7, 11) is 0. The third kappa shape index (κ3) is 3.32. The summed E-state index contributed by atoms with van der Waals surface area (Å²) >= 11 is 0. The van der Waals surface area contributed by atoms with Crippen molar-refractivity contribution in [2.45, 2.75) is 33.3 Å². The van der Waals surface area contributed by atoms with E-state index in [2.05, 4.69) is 0 Å². The molecule has 18 heavy (non-hydrogen) atoms. The lowest BCUT2D eigenvalue weighted by molar-refractivity contribution is -0.151. The summed E-state index contributed by atoms with van der Waals surface area (Å²) in [6.45, 7) is 5.73. The molecule has 0 aromatic heterocycles. The highest BCUT2D eigenvalue weighted by atomic mass is 16.6. The first-order valence-corrected chi connectivity index (χ1v) is 6.02. The van der Waals surface area contributed by atoms with Gasteiger partial charge < -0.3 is 9.47 Å². The Morgan fingerprint density at radius 1 is 1.39 bits per heavy atom. The molecule has 0 aliphatic heterocycles. The van der Waals surface area contributed by atoms with Crippen LogP contribution in [0.15, 0.2) is 18.2 Å². The Labute approximate surface area is 107 Å². The third-order valence-electron chi connectivity index (χ3n) is 2.55. The van der Waals surface area contributed by atoms with Crippen molar-refractivity contribution in [1.82, 2.24) is 0 Å². The van der Waals surface area contributed by atoms with Crippen molar-refractivity contribution < 1.29 is 19.1 Å². The van der Waals surface area contributed by atoms with E-state index in [1.807, 2.05) is 19.9 Å². The number of carbonyl (C=O) groups is 2. The molecule has 0 spiro atoms. The van der Waals surface area contributed by atoms with E-state index in [1.165, 1.54) is 0 Å². The first-order chi connectivity index (χ1) is 8.63. The highest BCUT2D eigenvalue weighted by molar-refractivity contribution is 5.81. The molecule has 0 aliphatic carbocycles. The van der Waals surface area contributed by atoms with Crippen molar-refractivity contribution in [3.05, 3.63) is 29.3 Å². The summed E-state index contributed by atoms with van der Waals surface area (Å²) in [5.74, 6) is 0.0486. The first kappa shape index (κ1) is 14.2. The minimum Gasteiger partial charge on any atom is -0.478 e. The van der Waals surface area contributed by atoms with Crippen LogP contribution in [0.5, 0.6) is 5.75 Å². The average Bonchev–Trinajstić information content (AvgIpc) is 2.37. The molecule has 1 aromatic carbocycles. The zero-order valence-corrected chi connectivity index (χ0v) is 10.9. The van der Waals surface area contributed by atoms with Gasteiger partial charge in [-0.05, 0) is 31.9 Å². The van der Waals surface area contributed by atoms with Crippen LogP contribution in [0.4, 0.5) is 0 Å². The minimum absolute atomic E-state index is 0.313. The molecule has 4 heteroatoms. The Bertz CT molecular complexity index is 426. The number of ether oxygens (including phenoxy) is 2. The molecule has 0 saturated carbocycles. The predicted octanol–water partition coefficient (Wildman–Crippen LogP) is 2.53. The van der Waals surface area contributed by atoms with Crippen LogP contribution in [0.1, 0.15) is 36.2 Å². The molecule has 98 valence electrons. The number of aryl methyl sites for hydroxylation is 1. The van der Waals surface area contributed by atoms with Gasteiger partial charge in [-0.3, -0.25) is 4.79 Å². The van der Waals surface area contributed by atoms with Crippen molar-refractivity contribution in [2.75, 3.05) is 6.61 Å². The van der Waals surface area contributed by atoms with Crippen molar-refractivity contribution in [3.63, 3.8) is 0 Å². The van der Waals surface area contributed by atoms with E-state index in [1.54, 1.807) is 19.1 Å². The number of hydrogen-bond acceptors (Lipinski definition) is 4. The van der Waals surface area contributed by atoms with Gasteiger partial charge in [0.1, 0.15) is 5.75 Å². The van der Waals surface area contributed by atoms with Crippen molar-refractivity contribution >= 4 is 12.3 Å². The molecule has 0 aliphatic rings. The second-order valence-corrected chi connectivity index (χ2v) is 3.88. The Kier molecular flexibility index (Phi) is 5.36. The van der Waals surface area contributed by atoms with Gasteiger partial charge in [-0.2, -0.15) is 0 Å². The lowest BCUT2D eigenvalue weighted by atomic mass is 10.1.